The fourth-order valence-corrected chi connectivity index (χ4v) is 2.66. The molecule has 7 nitrogen and oxygen atoms in total. The molecule has 1 aromatic carbocycles. The van der Waals surface area contributed by atoms with Crippen molar-refractivity contribution >= 4 is 44.7 Å². The van der Waals surface area contributed by atoms with Gasteiger partial charge in [0.1, 0.15) is 5.52 Å². The largest absolute Gasteiger partial charge is 0.410 e. The summed E-state index contributed by atoms with van der Waals surface area (Å²) < 4.78 is 1.91. The fourth-order valence-electron chi connectivity index (χ4n) is 2.08. The van der Waals surface area contributed by atoms with Gasteiger partial charge in [0.25, 0.3) is 0 Å². The van der Waals surface area contributed by atoms with Gasteiger partial charge in [0.2, 0.25) is 5.16 Å². The lowest BCUT2D eigenvalue weighted by molar-refractivity contribution is -0.110. The average Bonchev–Trinajstić information content (AvgIpc) is 2.78. The highest BCUT2D eigenvalue weighted by atomic mass is 32.2. The van der Waals surface area contributed by atoms with Gasteiger partial charge in [0.15, 0.2) is 16.5 Å². The van der Waals surface area contributed by atoms with Crippen LogP contribution in [0, 0.1) is 0 Å². The van der Waals surface area contributed by atoms with E-state index >= 15 is 0 Å². The fraction of sp³-hybridized carbons (Fsp3) is 0.154. The van der Waals surface area contributed by atoms with Crippen LogP contribution in [-0.2, 0) is 11.8 Å². The van der Waals surface area contributed by atoms with Crippen molar-refractivity contribution in [2.24, 2.45) is 12.2 Å². The van der Waals surface area contributed by atoms with Crippen molar-refractivity contribution in [3.05, 3.63) is 24.3 Å². The number of thioether (sulfide) groups is 1. The van der Waals surface area contributed by atoms with Crippen LogP contribution in [0.2, 0.25) is 0 Å². The lowest BCUT2D eigenvalue weighted by Crippen LogP contribution is -2.07. The Morgan fingerprint density at radius 2 is 2.10 bits per heavy atom. The molecule has 3 rings (SSSR count). The maximum Gasteiger partial charge on any atom is 0.217 e. The Morgan fingerprint density at radius 1 is 1.33 bits per heavy atom. The first-order valence-electron chi connectivity index (χ1n) is 6.10. The predicted molar refractivity (Wildman–Crippen MR) is 79.6 cm³/mol. The maximum atomic E-state index is 11.3. The standard InChI is InChI=1S/C13H11N5O2S/c1-7(19)12(17-20)21-13-14-11-10(15-16-13)8-5-3-4-6-9(8)18(11)2/h3-6,20H,1-2H3. The van der Waals surface area contributed by atoms with Crippen LogP contribution in [0.3, 0.4) is 0 Å². The first kappa shape index (κ1) is 13.5. The number of oxime groups is 1. The summed E-state index contributed by atoms with van der Waals surface area (Å²) in [5.41, 5.74) is 2.36. The summed E-state index contributed by atoms with van der Waals surface area (Å²) in [5.74, 6) is -0.358. The number of aromatic nitrogens is 4. The molecular formula is C13H11N5O2S. The summed E-state index contributed by atoms with van der Waals surface area (Å²) >= 11 is 0.883. The molecule has 106 valence electrons. The Morgan fingerprint density at radius 3 is 2.81 bits per heavy atom. The summed E-state index contributed by atoms with van der Waals surface area (Å²) in [5, 5.41) is 21.1. The highest BCUT2D eigenvalue weighted by molar-refractivity contribution is 8.15. The Kier molecular flexibility index (Phi) is 3.30. The van der Waals surface area contributed by atoms with Crippen molar-refractivity contribution in [1.29, 1.82) is 0 Å². The number of fused-ring (bicyclic) bond motifs is 3. The molecule has 1 N–H and O–H groups in total. The van der Waals surface area contributed by atoms with Crippen LogP contribution in [-0.4, -0.2) is 35.8 Å². The number of nitrogens with zero attached hydrogens (tertiary/aromatic N) is 5. The zero-order valence-electron chi connectivity index (χ0n) is 11.3. The van der Waals surface area contributed by atoms with Gasteiger partial charge in [-0.1, -0.05) is 23.4 Å². The third-order valence-electron chi connectivity index (χ3n) is 3.07. The highest BCUT2D eigenvalue weighted by Gasteiger charge is 2.15. The SMILES string of the molecule is CC(=O)C(=NO)Sc1nnc2c3ccccc3n(C)c2n1. The normalized spacial score (nSPS) is 12.2. The minimum absolute atomic E-state index is 0.0742. The second kappa shape index (κ2) is 5.13. The first-order chi connectivity index (χ1) is 10.1. The number of carbonyl (C=O) groups is 1. The molecule has 2 aromatic heterocycles. The predicted octanol–water partition coefficient (Wildman–Crippen LogP) is 1.99. The minimum atomic E-state index is -0.358. The minimum Gasteiger partial charge on any atom is -0.410 e. The second-order valence-corrected chi connectivity index (χ2v) is 5.36. The van der Waals surface area contributed by atoms with Gasteiger partial charge in [0.05, 0.1) is 5.52 Å². The van der Waals surface area contributed by atoms with Crippen LogP contribution in [0.1, 0.15) is 6.92 Å². The third-order valence-corrected chi connectivity index (χ3v) is 3.99. The van der Waals surface area contributed by atoms with Gasteiger partial charge < -0.3 is 9.77 Å². The molecule has 0 unspecified atom stereocenters. The van der Waals surface area contributed by atoms with Crippen molar-refractivity contribution in [3.63, 3.8) is 0 Å². The Labute approximate surface area is 123 Å². The van der Waals surface area contributed by atoms with Gasteiger partial charge in [-0.2, -0.15) is 0 Å². The molecule has 0 atom stereocenters. The quantitative estimate of drug-likeness (QED) is 0.256. The van der Waals surface area contributed by atoms with Crippen molar-refractivity contribution in [3.8, 4) is 0 Å². The number of ketones is 1. The van der Waals surface area contributed by atoms with Gasteiger partial charge in [0, 0.05) is 19.4 Å². The molecule has 0 radical (unpaired) electrons. The topological polar surface area (TPSA) is 93.3 Å². The zero-order valence-corrected chi connectivity index (χ0v) is 12.1. The van der Waals surface area contributed by atoms with Crippen LogP contribution in [0.4, 0.5) is 0 Å². The summed E-state index contributed by atoms with van der Waals surface area (Å²) in [6.45, 7) is 1.31. The van der Waals surface area contributed by atoms with Crippen LogP contribution in [0.15, 0.2) is 34.6 Å². The van der Waals surface area contributed by atoms with E-state index in [2.05, 4.69) is 20.3 Å². The number of Topliss-reactive ketones (excluding diaryl/α,β-unsaturated/α-hetero) is 1. The highest BCUT2D eigenvalue weighted by Crippen LogP contribution is 2.26. The lowest BCUT2D eigenvalue weighted by Gasteiger charge is -1.99. The van der Waals surface area contributed by atoms with Crippen LogP contribution < -0.4 is 0 Å². The van der Waals surface area contributed by atoms with E-state index in [1.165, 1.54) is 6.92 Å². The smallest absolute Gasteiger partial charge is 0.217 e. The number of carbonyl (C=O) groups excluding carboxylic acids is 1. The molecule has 0 aliphatic carbocycles. The molecular weight excluding hydrogens is 290 g/mol. The van der Waals surface area contributed by atoms with E-state index in [-0.39, 0.29) is 16.0 Å². The summed E-state index contributed by atoms with van der Waals surface area (Å²) in [4.78, 5) is 15.6. The Hall–Kier alpha value is -2.48. The number of aryl methyl sites for hydroxylation is 1. The molecule has 0 aliphatic heterocycles. The second-order valence-electron chi connectivity index (χ2n) is 4.41. The molecule has 0 amide bonds. The average molecular weight is 301 g/mol. The van der Waals surface area contributed by atoms with Gasteiger partial charge in [-0.3, -0.25) is 4.79 Å². The van der Waals surface area contributed by atoms with E-state index in [0.717, 1.165) is 22.7 Å². The Bertz CT molecular complexity index is 887. The monoisotopic (exact) mass is 301 g/mol. The van der Waals surface area contributed by atoms with Crippen LogP contribution in [0.5, 0.6) is 0 Å². The van der Waals surface area contributed by atoms with Crippen molar-refractivity contribution in [2.45, 2.75) is 12.1 Å². The number of hydrogen-bond acceptors (Lipinski definition) is 7. The number of benzene rings is 1. The van der Waals surface area contributed by atoms with E-state index in [1.807, 2.05) is 35.9 Å². The molecule has 8 heteroatoms. The number of hydrogen-bond donors (Lipinski definition) is 1. The Balaban J connectivity index is 2.14. The summed E-state index contributed by atoms with van der Waals surface area (Å²) in [7, 11) is 1.89. The van der Waals surface area contributed by atoms with E-state index in [1.54, 1.807) is 0 Å². The van der Waals surface area contributed by atoms with Gasteiger partial charge in [-0.05, 0) is 17.8 Å². The van der Waals surface area contributed by atoms with E-state index < -0.39 is 0 Å². The summed E-state index contributed by atoms with van der Waals surface area (Å²) in [6.07, 6.45) is 0. The lowest BCUT2D eigenvalue weighted by atomic mass is 10.2. The molecule has 0 fully saturated rings. The molecule has 21 heavy (non-hydrogen) atoms. The van der Waals surface area contributed by atoms with Crippen LogP contribution in [0.25, 0.3) is 22.1 Å². The van der Waals surface area contributed by atoms with E-state index in [9.17, 15) is 4.79 Å². The van der Waals surface area contributed by atoms with Crippen molar-refractivity contribution < 1.29 is 10.0 Å². The maximum absolute atomic E-state index is 11.3. The molecule has 3 aromatic rings. The van der Waals surface area contributed by atoms with Crippen LogP contribution >= 0.6 is 11.8 Å². The molecule has 0 saturated carbocycles. The van der Waals surface area contributed by atoms with Gasteiger partial charge >= 0.3 is 0 Å². The zero-order chi connectivity index (χ0) is 15.0. The van der Waals surface area contributed by atoms with Gasteiger partial charge in [-0.25, -0.2) is 4.98 Å². The molecule has 0 aliphatic rings. The van der Waals surface area contributed by atoms with E-state index in [0.29, 0.717) is 11.2 Å². The first-order valence-corrected chi connectivity index (χ1v) is 6.92. The van der Waals surface area contributed by atoms with Crippen molar-refractivity contribution in [2.75, 3.05) is 0 Å². The third kappa shape index (κ3) is 2.23. The summed E-state index contributed by atoms with van der Waals surface area (Å²) in [6, 6.07) is 7.80. The molecule has 0 saturated heterocycles. The van der Waals surface area contributed by atoms with Crippen molar-refractivity contribution in [1.82, 2.24) is 19.7 Å². The number of para-hydroxylation sites is 1. The van der Waals surface area contributed by atoms with Gasteiger partial charge in [-0.15, -0.1) is 10.2 Å². The van der Waals surface area contributed by atoms with E-state index in [4.69, 9.17) is 5.21 Å². The number of rotatable bonds is 2. The molecule has 2 heterocycles. The molecule has 0 spiro atoms. The molecule has 0 bridgehead atoms.